The van der Waals surface area contributed by atoms with Crippen LogP contribution in [0.2, 0.25) is 0 Å². The van der Waals surface area contributed by atoms with E-state index in [2.05, 4.69) is 6.58 Å². The van der Waals surface area contributed by atoms with Crippen molar-refractivity contribution in [1.82, 2.24) is 4.90 Å². The SMILES string of the molecule is C=CCOc1ccc2c(c1)C(=O)CN(C(=O)OC(C)(C)C)C2C(=O)O. The van der Waals surface area contributed by atoms with Crippen LogP contribution >= 0.6 is 0 Å². The van der Waals surface area contributed by atoms with Crippen molar-refractivity contribution >= 4 is 17.8 Å². The number of carbonyl (C=O) groups is 3. The molecule has 0 spiro atoms. The fourth-order valence-corrected chi connectivity index (χ4v) is 2.52. The summed E-state index contributed by atoms with van der Waals surface area (Å²) in [7, 11) is 0. The van der Waals surface area contributed by atoms with E-state index in [0.29, 0.717) is 5.75 Å². The lowest BCUT2D eigenvalue weighted by Crippen LogP contribution is -2.48. The van der Waals surface area contributed by atoms with E-state index in [1.807, 2.05) is 0 Å². The molecule has 0 bridgehead atoms. The smallest absolute Gasteiger partial charge is 0.411 e. The number of nitrogens with zero attached hydrogens (tertiary/aromatic N) is 1. The van der Waals surface area contributed by atoms with E-state index in [1.54, 1.807) is 32.9 Å². The molecule has 0 aromatic heterocycles. The van der Waals surface area contributed by atoms with Gasteiger partial charge in [0, 0.05) is 5.56 Å². The van der Waals surface area contributed by atoms with Gasteiger partial charge in [0.15, 0.2) is 11.8 Å². The van der Waals surface area contributed by atoms with Crippen LogP contribution < -0.4 is 4.74 Å². The van der Waals surface area contributed by atoms with E-state index < -0.39 is 23.7 Å². The number of Topliss-reactive ketones (excluding diaryl/α,β-unsaturated/α-hetero) is 1. The maximum absolute atomic E-state index is 12.4. The molecule has 0 saturated carbocycles. The number of carboxylic acids is 1. The molecule has 1 aliphatic heterocycles. The van der Waals surface area contributed by atoms with Crippen LogP contribution in [0.15, 0.2) is 30.9 Å². The zero-order chi connectivity index (χ0) is 18.8. The Morgan fingerprint density at radius 2 is 2.08 bits per heavy atom. The van der Waals surface area contributed by atoms with E-state index in [1.165, 1.54) is 12.1 Å². The fraction of sp³-hybridized carbons (Fsp3) is 0.389. The van der Waals surface area contributed by atoms with E-state index in [-0.39, 0.29) is 30.1 Å². The molecular formula is C18H21NO6. The Kier molecular flexibility index (Phi) is 5.15. The summed E-state index contributed by atoms with van der Waals surface area (Å²) >= 11 is 0. The second-order valence-electron chi connectivity index (χ2n) is 6.62. The van der Waals surface area contributed by atoms with Crippen molar-refractivity contribution in [3.05, 3.63) is 42.0 Å². The lowest BCUT2D eigenvalue weighted by molar-refractivity contribution is -0.143. The average molecular weight is 347 g/mol. The first-order chi connectivity index (χ1) is 11.6. The third-order valence-corrected chi connectivity index (χ3v) is 3.48. The minimum Gasteiger partial charge on any atom is -0.490 e. The second-order valence-corrected chi connectivity index (χ2v) is 6.62. The number of rotatable bonds is 4. The summed E-state index contributed by atoms with van der Waals surface area (Å²) in [6.07, 6.45) is 0.719. The van der Waals surface area contributed by atoms with Gasteiger partial charge >= 0.3 is 12.1 Å². The van der Waals surface area contributed by atoms with Gasteiger partial charge in [0.2, 0.25) is 0 Å². The van der Waals surface area contributed by atoms with Crippen LogP contribution in [0.3, 0.4) is 0 Å². The molecule has 1 aromatic rings. The molecule has 134 valence electrons. The van der Waals surface area contributed by atoms with Gasteiger partial charge in [-0.25, -0.2) is 9.59 Å². The summed E-state index contributed by atoms with van der Waals surface area (Å²) in [5, 5.41) is 9.59. The maximum Gasteiger partial charge on any atom is 0.411 e. The van der Waals surface area contributed by atoms with Gasteiger partial charge in [-0.05, 0) is 38.5 Å². The molecule has 0 radical (unpaired) electrons. The highest BCUT2D eigenvalue weighted by atomic mass is 16.6. The number of carboxylic acid groups (broad SMARTS) is 1. The molecule has 0 saturated heterocycles. The summed E-state index contributed by atoms with van der Waals surface area (Å²) in [5.41, 5.74) is -0.333. The average Bonchev–Trinajstić information content (AvgIpc) is 2.50. The van der Waals surface area contributed by atoms with Gasteiger partial charge in [-0.15, -0.1) is 0 Å². The van der Waals surface area contributed by atoms with Gasteiger partial charge in [0.05, 0.1) is 6.54 Å². The number of ketones is 1. The van der Waals surface area contributed by atoms with Crippen LogP contribution in [0.25, 0.3) is 0 Å². The number of carbonyl (C=O) groups excluding carboxylic acids is 2. The zero-order valence-corrected chi connectivity index (χ0v) is 14.4. The topological polar surface area (TPSA) is 93.1 Å². The van der Waals surface area contributed by atoms with E-state index >= 15 is 0 Å². The Bertz CT molecular complexity index is 719. The van der Waals surface area contributed by atoms with E-state index in [4.69, 9.17) is 9.47 Å². The van der Waals surface area contributed by atoms with Gasteiger partial charge < -0.3 is 14.6 Å². The lowest BCUT2D eigenvalue weighted by Gasteiger charge is -2.35. The Hall–Kier alpha value is -2.83. The number of aliphatic carboxylic acids is 1. The summed E-state index contributed by atoms with van der Waals surface area (Å²) in [6, 6.07) is 3.24. The molecule has 1 aliphatic rings. The minimum absolute atomic E-state index is 0.230. The Morgan fingerprint density at radius 3 is 2.64 bits per heavy atom. The molecule has 0 fully saturated rings. The number of fused-ring (bicyclic) bond motifs is 1. The monoisotopic (exact) mass is 347 g/mol. The summed E-state index contributed by atoms with van der Waals surface area (Å²) in [4.78, 5) is 37.5. The van der Waals surface area contributed by atoms with Crippen molar-refractivity contribution in [3.8, 4) is 5.75 Å². The molecule has 1 atom stereocenters. The Labute approximate surface area is 145 Å². The second kappa shape index (κ2) is 6.96. The first-order valence-electron chi connectivity index (χ1n) is 7.77. The highest BCUT2D eigenvalue weighted by Crippen LogP contribution is 2.33. The highest BCUT2D eigenvalue weighted by Gasteiger charge is 2.41. The summed E-state index contributed by atoms with van der Waals surface area (Å²) in [6.45, 7) is 8.45. The van der Waals surface area contributed by atoms with Crippen LogP contribution in [0, 0.1) is 0 Å². The van der Waals surface area contributed by atoms with Gasteiger partial charge in [0.1, 0.15) is 18.0 Å². The molecule has 7 nitrogen and oxygen atoms in total. The molecule has 1 amide bonds. The van der Waals surface area contributed by atoms with Crippen molar-refractivity contribution in [2.75, 3.05) is 13.2 Å². The van der Waals surface area contributed by atoms with Crippen molar-refractivity contribution in [1.29, 1.82) is 0 Å². The predicted molar refractivity (Wildman–Crippen MR) is 89.8 cm³/mol. The molecule has 1 N–H and O–H groups in total. The number of amides is 1. The van der Waals surface area contributed by atoms with Crippen molar-refractivity contribution in [2.24, 2.45) is 0 Å². The molecule has 25 heavy (non-hydrogen) atoms. The quantitative estimate of drug-likeness (QED) is 0.842. The molecule has 1 unspecified atom stereocenters. The van der Waals surface area contributed by atoms with Crippen molar-refractivity contribution in [2.45, 2.75) is 32.4 Å². The predicted octanol–water partition coefficient (Wildman–Crippen LogP) is 2.81. The lowest BCUT2D eigenvalue weighted by atomic mass is 9.91. The normalized spacial score (nSPS) is 16.8. The van der Waals surface area contributed by atoms with Crippen LogP contribution in [0.1, 0.15) is 42.7 Å². The largest absolute Gasteiger partial charge is 0.490 e. The van der Waals surface area contributed by atoms with Crippen LogP contribution in [-0.2, 0) is 9.53 Å². The first kappa shape index (κ1) is 18.5. The molecule has 0 aliphatic carbocycles. The van der Waals surface area contributed by atoms with Crippen molar-refractivity contribution < 1.29 is 29.0 Å². The zero-order valence-electron chi connectivity index (χ0n) is 14.4. The van der Waals surface area contributed by atoms with E-state index in [9.17, 15) is 19.5 Å². The highest BCUT2D eigenvalue weighted by molar-refractivity contribution is 6.04. The number of hydrogen-bond donors (Lipinski definition) is 1. The van der Waals surface area contributed by atoms with Gasteiger partial charge in [-0.3, -0.25) is 9.69 Å². The molecular weight excluding hydrogens is 326 g/mol. The fourth-order valence-electron chi connectivity index (χ4n) is 2.52. The standard InChI is InChI=1S/C18H21NO6/c1-5-8-24-11-6-7-12-13(9-11)14(20)10-19(15(12)16(21)22)17(23)25-18(2,3)4/h5-7,9,15H,1,8,10H2,2-4H3,(H,21,22). The first-order valence-corrected chi connectivity index (χ1v) is 7.77. The minimum atomic E-state index is -1.30. The third kappa shape index (κ3) is 4.17. The van der Waals surface area contributed by atoms with Crippen LogP contribution in [0.4, 0.5) is 4.79 Å². The van der Waals surface area contributed by atoms with Crippen LogP contribution in [-0.4, -0.2) is 46.6 Å². The molecule has 7 heteroatoms. The maximum atomic E-state index is 12.4. The van der Waals surface area contributed by atoms with Crippen LogP contribution in [0.5, 0.6) is 5.75 Å². The van der Waals surface area contributed by atoms with Gasteiger partial charge in [-0.2, -0.15) is 0 Å². The third-order valence-electron chi connectivity index (χ3n) is 3.48. The summed E-state index contributed by atoms with van der Waals surface area (Å²) < 4.78 is 10.6. The van der Waals surface area contributed by atoms with Gasteiger partial charge in [0.25, 0.3) is 0 Å². The number of ether oxygens (including phenoxy) is 2. The summed E-state index contributed by atoms with van der Waals surface area (Å²) in [5.74, 6) is -1.18. The van der Waals surface area contributed by atoms with E-state index in [0.717, 1.165) is 4.90 Å². The Balaban J connectivity index is 2.40. The Morgan fingerprint density at radius 1 is 1.40 bits per heavy atom. The molecule has 1 heterocycles. The number of benzene rings is 1. The molecule has 2 rings (SSSR count). The van der Waals surface area contributed by atoms with Crippen molar-refractivity contribution in [3.63, 3.8) is 0 Å². The number of hydrogen-bond acceptors (Lipinski definition) is 5. The van der Waals surface area contributed by atoms with Gasteiger partial charge in [-0.1, -0.05) is 18.7 Å². The molecule has 1 aromatic carbocycles.